The van der Waals surface area contributed by atoms with E-state index in [1.165, 1.54) is 25.7 Å². The van der Waals surface area contributed by atoms with Crippen molar-refractivity contribution in [2.24, 2.45) is 11.8 Å². The van der Waals surface area contributed by atoms with Crippen LogP contribution in [-0.4, -0.2) is 25.4 Å². The van der Waals surface area contributed by atoms with Crippen molar-refractivity contribution in [3.8, 4) is 0 Å². The van der Waals surface area contributed by atoms with Gasteiger partial charge in [0, 0.05) is 0 Å². The molecule has 2 heteroatoms. The molecule has 2 bridgehead atoms. The van der Waals surface area contributed by atoms with E-state index in [1.54, 1.807) is 0 Å². The highest BCUT2D eigenvalue weighted by Crippen LogP contribution is 2.53. The van der Waals surface area contributed by atoms with Crippen molar-refractivity contribution in [3.63, 3.8) is 0 Å². The molecule has 1 saturated heterocycles. The Bertz CT molecular complexity index is 184. The highest BCUT2D eigenvalue weighted by molar-refractivity contribution is 5.03. The van der Waals surface area contributed by atoms with Crippen LogP contribution in [0.5, 0.6) is 0 Å². The minimum Gasteiger partial charge on any atom is -0.376 e. The monoisotopic (exact) mass is 168 g/mol. The molecule has 2 nitrogen and oxygen atoms in total. The predicted octanol–water partition coefficient (Wildman–Crippen LogP) is 1.59. The standard InChI is InChI=1S/C10H16O2/c1-2-9-5-8(1)6-10(9)7-11-3-4-12-10/h8-9H,1-7H2. The van der Waals surface area contributed by atoms with E-state index in [0.29, 0.717) is 0 Å². The first-order chi connectivity index (χ1) is 5.89. The molecule has 2 saturated carbocycles. The minimum absolute atomic E-state index is 0.168. The summed E-state index contributed by atoms with van der Waals surface area (Å²) in [6.07, 6.45) is 5.50. The zero-order chi connectivity index (χ0) is 8.02. The molecule has 1 heterocycles. The maximum absolute atomic E-state index is 5.94. The van der Waals surface area contributed by atoms with Gasteiger partial charge >= 0.3 is 0 Å². The van der Waals surface area contributed by atoms with Crippen molar-refractivity contribution in [2.75, 3.05) is 19.8 Å². The van der Waals surface area contributed by atoms with Gasteiger partial charge in [0.25, 0.3) is 0 Å². The van der Waals surface area contributed by atoms with Gasteiger partial charge in [-0.05, 0) is 37.5 Å². The molecule has 12 heavy (non-hydrogen) atoms. The largest absolute Gasteiger partial charge is 0.376 e. The number of hydrogen-bond acceptors (Lipinski definition) is 2. The lowest BCUT2D eigenvalue weighted by Gasteiger charge is -2.40. The molecule has 3 atom stereocenters. The predicted molar refractivity (Wildman–Crippen MR) is 45.0 cm³/mol. The Morgan fingerprint density at radius 2 is 2.17 bits per heavy atom. The molecule has 0 amide bonds. The zero-order valence-electron chi connectivity index (χ0n) is 7.42. The van der Waals surface area contributed by atoms with Crippen LogP contribution < -0.4 is 0 Å². The third kappa shape index (κ3) is 0.882. The van der Waals surface area contributed by atoms with E-state index < -0.39 is 0 Å². The van der Waals surface area contributed by atoms with Crippen LogP contribution in [0.4, 0.5) is 0 Å². The lowest BCUT2D eigenvalue weighted by molar-refractivity contribution is -0.180. The third-order valence-corrected chi connectivity index (χ3v) is 3.88. The Hall–Kier alpha value is -0.0800. The van der Waals surface area contributed by atoms with E-state index in [9.17, 15) is 0 Å². The van der Waals surface area contributed by atoms with E-state index in [0.717, 1.165) is 31.7 Å². The second-order valence-corrected chi connectivity index (χ2v) is 4.55. The molecule has 68 valence electrons. The fourth-order valence-electron chi connectivity index (χ4n) is 3.34. The van der Waals surface area contributed by atoms with Gasteiger partial charge in [0.1, 0.15) is 0 Å². The topological polar surface area (TPSA) is 18.5 Å². The Balaban J connectivity index is 1.81. The molecular formula is C10H16O2. The van der Waals surface area contributed by atoms with Crippen molar-refractivity contribution in [1.29, 1.82) is 0 Å². The van der Waals surface area contributed by atoms with Gasteiger partial charge in [-0.2, -0.15) is 0 Å². The van der Waals surface area contributed by atoms with Gasteiger partial charge in [0.05, 0.1) is 25.4 Å². The average Bonchev–Trinajstić information content (AvgIpc) is 2.65. The van der Waals surface area contributed by atoms with Crippen molar-refractivity contribution < 1.29 is 9.47 Å². The molecule has 3 unspecified atom stereocenters. The van der Waals surface area contributed by atoms with E-state index in [2.05, 4.69) is 0 Å². The second kappa shape index (κ2) is 2.46. The Labute approximate surface area is 73.2 Å². The number of fused-ring (bicyclic) bond motifs is 3. The Morgan fingerprint density at radius 3 is 2.75 bits per heavy atom. The van der Waals surface area contributed by atoms with Gasteiger partial charge in [-0.15, -0.1) is 0 Å². The SMILES string of the molecule is C1COC2(CO1)CC1CCC2C1. The molecule has 1 aliphatic heterocycles. The highest BCUT2D eigenvalue weighted by atomic mass is 16.6. The van der Waals surface area contributed by atoms with E-state index in [1.807, 2.05) is 0 Å². The van der Waals surface area contributed by atoms with Gasteiger partial charge in [-0.25, -0.2) is 0 Å². The highest BCUT2D eigenvalue weighted by Gasteiger charge is 2.52. The fourth-order valence-corrected chi connectivity index (χ4v) is 3.34. The quantitative estimate of drug-likeness (QED) is 0.547. The summed E-state index contributed by atoms with van der Waals surface area (Å²) < 4.78 is 11.5. The van der Waals surface area contributed by atoms with Crippen LogP contribution in [0.2, 0.25) is 0 Å². The summed E-state index contributed by atoms with van der Waals surface area (Å²) in [6.45, 7) is 2.50. The number of ether oxygens (including phenoxy) is 2. The van der Waals surface area contributed by atoms with E-state index >= 15 is 0 Å². The summed E-state index contributed by atoms with van der Waals surface area (Å²) in [5.74, 6) is 1.78. The molecule has 0 aromatic carbocycles. The molecular weight excluding hydrogens is 152 g/mol. The minimum atomic E-state index is 0.168. The molecule has 3 aliphatic rings. The Morgan fingerprint density at radius 1 is 1.17 bits per heavy atom. The Kier molecular flexibility index (Phi) is 1.50. The first kappa shape index (κ1) is 7.34. The summed E-state index contributed by atoms with van der Waals surface area (Å²) in [5, 5.41) is 0. The van der Waals surface area contributed by atoms with Crippen molar-refractivity contribution in [2.45, 2.75) is 31.3 Å². The van der Waals surface area contributed by atoms with Crippen LogP contribution in [0.1, 0.15) is 25.7 Å². The fraction of sp³-hybridized carbons (Fsp3) is 1.00. The number of hydrogen-bond donors (Lipinski definition) is 0. The summed E-state index contributed by atoms with van der Waals surface area (Å²) in [4.78, 5) is 0. The van der Waals surface area contributed by atoms with Crippen molar-refractivity contribution in [1.82, 2.24) is 0 Å². The second-order valence-electron chi connectivity index (χ2n) is 4.55. The normalized spacial score (nSPS) is 52.0. The summed E-state index contributed by atoms with van der Waals surface area (Å²) in [6, 6.07) is 0. The van der Waals surface area contributed by atoms with Crippen LogP contribution in [0.25, 0.3) is 0 Å². The van der Waals surface area contributed by atoms with Crippen molar-refractivity contribution in [3.05, 3.63) is 0 Å². The van der Waals surface area contributed by atoms with Gasteiger partial charge in [-0.3, -0.25) is 0 Å². The molecule has 0 radical (unpaired) electrons. The zero-order valence-corrected chi connectivity index (χ0v) is 7.42. The molecule has 2 aliphatic carbocycles. The van der Waals surface area contributed by atoms with Gasteiger partial charge in [-0.1, -0.05) is 0 Å². The van der Waals surface area contributed by atoms with Crippen LogP contribution >= 0.6 is 0 Å². The van der Waals surface area contributed by atoms with E-state index in [-0.39, 0.29) is 5.60 Å². The van der Waals surface area contributed by atoms with Crippen molar-refractivity contribution >= 4 is 0 Å². The molecule has 1 spiro atoms. The molecule has 3 fully saturated rings. The third-order valence-electron chi connectivity index (χ3n) is 3.88. The van der Waals surface area contributed by atoms with Gasteiger partial charge in [0.15, 0.2) is 0 Å². The summed E-state index contributed by atoms with van der Waals surface area (Å²) >= 11 is 0. The number of rotatable bonds is 0. The maximum Gasteiger partial charge on any atom is 0.0946 e. The lowest BCUT2D eigenvalue weighted by Crippen LogP contribution is -2.47. The first-order valence-electron chi connectivity index (χ1n) is 5.11. The van der Waals surface area contributed by atoms with Gasteiger partial charge < -0.3 is 9.47 Å². The summed E-state index contributed by atoms with van der Waals surface area (Å²) in [7, 11) is 0. The molecule has 3 rings (SSSR count). The van der Waals surface area contributed by atoms with Crippen LogP contribution in [0, 0.1) is 11.8 Å². The van der Waals surface area contributed by atoms with E-state index in [4.69, 9.17) is 9.47 Å². The first-order valence-corrected chi connectivity index (χ1v) is 5.11. The van der Waals surface area contributed by atoms with Gasteiger partial charge in [0.2, 0.25) is 0 Å². The molecule has 0 N–H and O–H groups in total. The molecule has 0 aromatic rings. The average molecular weight is 168 g/mol. The summed E-state index contributed by atoms with van der Waals surface area (Å²) in [5.41, 5.74) is 0.168. The van der Waals surface area contributed by atoms with Crippen LogP contribution in [0.15, 0.2) is 0 Å². The molecule has 0 aromatic heterocycles. The van der Waals surface area contributed by atoms with Crippen LogP contribution in [0.3, 0.4) is 0 Å². The van der Waals surface area contributed by atoms with Crippen LogP contribution in [-0.2, 0) is 9.47 Å². The lowest BCUT2D eigenvalue weighted by atomic mass is 9.84. The maximum atomic E-state index is 5.94. The smallest absolute Gasteiger partial charge is 0.0946 e.